The third-order valence-corrected chi connectivity index (χ3v) is 5.72. The van der Waals surface area contributed by atoms with Crippen LogP contribution in [0.5, 0.6) is 0 Å². The number of rotatable bonds is 8. The zero-order chi connectivity index (χ0) is 21.0. The quantitative estimate of drug-likeness (QED) is 0.357. The van der Waals surface area contributed by atoms with Crippen molar-refractivity contribution in [3.05, 3.63) is 24.3 Å². The molecule has 8 nitrogen and oxygen atoms in total. The number of carbonyl (C=O) groups excluding carboxylic acids is 2. The van der Waals surface area contributed by atoms with Crippen molar-refractivity contribution in [3.63, 3.8) is 0 Å². The average molecular weight is 402 g/mol. The summed E-state index contributed by atoms with van der Waals surface area (Å²) in [6.45, 7) is 6.12. The minimum absolute atomic E-state index is 0.00720. The van der Waals surface area contributed by atoms with Gasteiger partial charge in [0, 0.05) is 6.20 Å². The molecule has 2 amide bonds. The van der Waals surface area contributed by atoms with Gasteiger partial charge in [-0.15, -0.1) is 0 Å². The van der Waals surface area contributed by atoms with Gasteiger partial charge in [0.1, 0.15) is 5.82 Å². The van der Waals surface area contributed by atoms with E-state index in [9.17, 15) is 14.8 Å². The van der Waals surface area contributed by atoms with Gasteiger partial charge >= 0.3 is 0 Å². The smallest absolute Gasteiger partial charge is 0.233 e. The van der Waals surface area contributed by atoms with Gasteiger partial charge in [-0.05, 0) is 23.8 Å². The fourth-order valence-electron chi connectivity index (χ4n) is 4.15. The molecule has 2 aromatic rings. The Labute approximate surface area is 171 Å². The first-order valence-corrected chi connectivity index (χ1v) is 10.3. The van der Waals surface area contributed by atoms with Gasteiger partial charge in [-0.25, -0.2) is 10.0 Å². The molecule has 29 heavy (non-hydrogen) atoms. The van der Waals surface area contributed by atoms with Crippen LogP contribution in [0.1, 0.15) is 64.7 Å². The summed E-state index contributed by atoms with van der Waals surface area (Å²) >= 11 is 0. The van der Waals surface area contributed by atoms with Crippen LogP contribution in [0.3, 0.4) is 0 Å². The normalized spacial score (nSPS) is 17.2. The van der Waals surface area contributed by atoms with Crippen LogP contribution in [-0.4, -0.2) is 44.1 Å². The molecule has 0 unspecified atom stereocenters. The molecule has 8 heteroatoms. The molecule has 2 heterocycles. The van der Waals surface area contributed by atoms with Gasteiger partial charge in [-0.1, -0.05) is 46.5 Å². The van der Waals surface area contributed by atoms with E-state index in [-0.39, 0.29) is 23.9 Å². The largest absolute Gasteiger partial charge is 0.345 e. The minimum atomic E-state index is -0.468. The lowest BCUT2D eigenvalue weighted by atomic mass is 9.85. The molecule has 0 aromatic carbocycles. The number of hydrogen-bond donors (Lipinski definition) is 3. The Kier molecular flexibility index (Phi) is 6.52. The van der Waals surface area contributed by atoms with E-state index < -0.39 is 5.92 Å². The van der Waals surface area contributed by atoms with Crippen LogP contribution >= 0.6 is 0 Å². The van der Waals surface area contributed by atoms with Crippen LogP contribution in [0.15, 0.2) is 18.5 Å². The third-order valence-electron chi connectivity index (χ3n) is 5.72. The molecule has 158 valence electrons. The molecule has 0 aliphatic heterocycles. The molecule has 3 N–H and O–H groups in total. The number of amides is 2. The SMILES string of the molecule is CC(C)(C)[C@H](NC(=O)[C@H](CC1CCCC1)CN(O)C=O)c1nc2ccncc2[nH]1. The maximum absolute atomic E-state index is 13.2. The van der Waals surface area contributed by atoms with Crippen LogP contribution in [0.2, 0.25) is 0 Å². The van der Waals surface area contributed by atoms with Gasteiger partial charge in [-0.3, -0.25) is 19.8 Å². The fourth-order valence-corrected chi connectivity index (χ4v) is 4.15. The highest BCUT2D eigenvalue weighted by molar-refractivity contribution is 5.80. The van der Waals surface area contributed by atoms with E-state index in [0.29, 0.717) is 29.6 Å². The van der Waals surface area contributed by atoms with Crippen LogP contribution in [0.4, 0.5) is 0 Å². The standard InChI is InChI=1S/C21H31N5O3/c1-21(2,3)18(19-23-16-8-9-22-11-17(16)24-19)25-20(28)15(12-26(29)13-27)10-14-6-4-5-7-14/h8-9,11,13-15,18,29H,4-7,10,12H2,1-3H3,(H,23,24)(H,25,28)/t15-,18-/m1/s1. The summed E-state index contributed by atoms with van der Waals surface area (Å²) in [4.78, 5) is 36.2. The predicted octanol–water partition coefficient (Wildman–Crippen LogP) is 3.21. The number of carbonyl (C=O) groups is 2. The summed E-state index contributed by atoms with van der Waals surface area (Å²) in [5.41, 5.74) is 1.32. The van der Waals surface area contributed by atoms with E-state index >= 15 is 0 Å². The molecule has 0 spiro atoms. The number of nitrogens with one attached hydrogen (secondary N) is 2. The van der Waals surface area contributed by atoms with Crippen molar-refractivity contribution in [2.75, 3.05) is 6.54 Å². The molecule has 1 saturated carbocycles. The fraction of sp³-hybridized carbons (Fsp3) is 0.619. The molecular formula is C21H31N5O3. The van der Waals surface area contributed by atoms with Crippen molar-refractivity contribution in [2.24, 2.45) is 17.3 Å². The Morgan fingerprint density at radius 3 is 2.76 bits per heavy atom. The van der Waals surface area contributed by atoms with Crippen molar-refractivity contribution in [3.8, 4) is 0 Å². The zero-order valence-corrected chi connectivity index (χ0v) is 17.4. The Balaban J connectivity index is 1.81. The molecular weight excluding hydrogens is 370 g/mol. The Morgan fingerprint density at radius 2 is 2.14 bits per heavy atom. The number of fused-ring (bicyclic) bond motifs is 1. The molecule has 0 bridgehead atoms. The van der Waals surface area contributed by atoms with Gasteiger partial charge in [0.25, 0.3) is 0 Å². The van der Waals surface area contributed by atoms with E-state index in [1.807, 2.05) is 26.8 Å². The van der Waals surface area contributed by atoms with Crippen LogP contribution in [0, 0.1) is 17.3 Å². The van der Waals surface area contributed by atoms with Gasteiger partial charge in [0.05, 0.1) is 35.7 Å². The second kappa shape index (κ2) is 8.90. The summed E-state index contributed by atoms with van der Waals surface area (Å²) in [6, 6.07) is 1.48. The van der Waals surface area contributed by atoms with Crippen molar-refractivity contribution >= 4 is 23.4 Å². The maximum atomic E-state index is 13.2. The number of aromatic amines is 1. The lowest BCUT2D eigenvalue weighted by Gasteiger charge is -2.32. The molecule has 2 aromatic heterocycles. The summed E-state index contributed by atoms with van der Waals surface area (Å²) in [5.74, 6) is 0.487. The topological polar surface area (TPSA) is 111 Å². The lowest BCUT2D eigenvalue weighted by molar-refractivity contribution is -0.155. The van der Waals surface area contributed by atoms with E-state index in [4.69, 9.17) is 0 Å². The number of imidazole rings is 1. The Hall–Kier alpha value is -2.48. The first kappa shape index (κ1) is 21.2. The third kappa shape index (κ3) is 5.32. The second-order valence-corrected chi connectivity index (χ2v) is 9.13. The highest BCUT2D eigenvalue weighted by Crippen LogP contribution is 2.34. The van der Waals surface area contributed by atoms with E-state index in [0.717, 1.165) is 23.9 Å². The number of hydroxylamine groups is 2. The van der Waals surface area contributed by atoms with Crippen molar-refractivity contribution in [2.45, 2.75) is 58.9 Å². The second-order valence-electron chi connectivity index (χ2n) is 9.13. The van der Waals surface area contributed by atoms with Crippen molar-refractivity contribution < 1.29 is 14.8 Å². The molecule has 2 atom stereocenters. The van der Waals surface area contributed by atoms with Gasteiger partial charge in [-0.2, -0.15) is 0 Å². The van der Waals surface area contributed by atoms with Crippen LogP contribution in [0.25, 0.3) is 11.0 Å². The van der Waals surface area contributed by atoms with Gasteiger partial charge < -0.3 is 10.3 Å². The molecule has 0 radical (unpaired) electrons. The van der Waals surface area contributed by atoms with E-state index in [1.54, 1.807) is 12.4 Å². The van der Waals surface area contributed by atoms with Gasteiger partial charge in [0.15, 0.2) is 0 Å². The zero-order valence-electron chi connectivity index (χ0n) is 17.4. The average Bonchev–Trinajstić information content (AvgIpc) is 3.33. The Bertz CT molecular complexity index is 805. The highest BCUT2D eigenvalue weighted by atomic mass is 16.5. The number of pyridine rings is 1. The number of aromatic nitrogens is 3. The predicted molar refractivity (Wildman–Crippen MR) is 109 cm³/mol. The molecule has 3 rings (SSSR count). The summed E-state index contributed by atoms with van der Waals surface area (Å²) in [6.07, 6.45) is 8.94. The van der Waals surface area contributed by atoms with E-state index in [1.165, 1.54) is 12.8 Å². The maximum Gasteiger partial charge on any atom is 0.233 e. The first-order valence-electron chi connectivity index (χ1n) is 10.3. The van der Waals surface area contributed by atoms with Gasteiger partial charge in [0.2, 0.25) is 12.3 Å². The first-order chi connectivity index (χ1) is 13.8. The Morgan fingerprint density at radius 1 is 1.41 bits per heavy atom. The monoisotopic (exact) mass is 401 g/mol. The molecule has 1 fully saturated rings. The molecule has 0 saturated heterocycles. The highest BCUT2D eigenvalue weighted by Gasteiger charge is 2.34. The van der Waals surface area contributed by atoms with Crippen LogP contribution in [-0.2, 0) is 9.59 Å². The number of nitrogens with zero attached hydrogens (tertiary/aromatic N) is 3. The van der Waals surface area contributed by atoms with Crippen molar-refractivity contribution in [1.82, 2.24) is 25.3 Å². The number of hydrogen-bond acceptors (Lipinski definition) is 5. The van der Waals surface area contributed by atoms with E-state index in [2.05, 4.69) is 20.3 Å². The van der Waals surface area contributed by atoms with Crippen LogP contribution < -0.4 is 5.32 Å². The van der Waals surface area contributed by atoms with Crippen molar-refractivity contribution in [1.29, 1.82) is 0 Å². The molecule has 1 aliphatic rings. The lowest BCUT2D eigenvalue weighted by Crippen LogP contribution is -2.43. The minimum Gasteiger partial charge on any atom is -0.345 e. The summed E-state index contributed by atoms with van der Waals surface area (Å²) in [5, 5.41) is 13.4. The summed E-state index contributed by atoms with van der Waals surface area (Å²) < 4.78 is 0. The number of H-pyrrole nitrogens is 1. The summed E-state index contributed by atoms with van der Waals surface area (Å²) in [7, 11) is 0. The molecule has 1 aliphatic carbocycles.